The molecule has 32 heavy (non-hydrogen) atoms. The Kier molecular flexibility index (Phi) is 7.73. The quantitative estimate of drug-likeness (QED) is 0.436. The number of benzene rings is 2. The van der Waals surface area contributed by atoms with Gasteiger partial charge in [-0.1, -0.05) is 36.4 Å². The number of hydrogen-bond acceptors (Lipinski definition) is 7. The van der Waals surface area contributed by atoms with Gasteiger partial charge < -0.3 is 18.9 Å². The number of pyridine rings is 1. The van der Waals surface area contributed by atoms with Crippen LogP contribution in [0.2, 0.25) is 0 Å². The lowest BCUT2D eigenvalue weighted by molar-refractivity contribution is 0.0813. The topological polar surface area (TPSA) is 90.7 Å². The maximum absolute atomic E-state index is 13.6. The summed E-state index contributed by atoms with van der Waals surface area (Å²) < 4.78 is 35.4. The summed E-state index contributed by atoms with van der Waals surface area (Å²) in [5, 5.41) is 9.37. The molecule has 164 valence electrons. The van der Waals surface area contributed by atoms with E-state index in [1.54, 1.807) is 18.2 Å². The van der Waals surface area contributed by atoms with Crippen LogP contribution in [0.25, 0.3) is 0 Å². The Bertz CT molecular complexity index is 1130. The Labute approximate surface area is 184 Å². The molecule has 1 aromatic heterocycles. The summed E-state index contributed by atoms with van der Waals surface area (Å²) in [6.45, 7) is 0.159. The second-order valence-electron chi connectivity index (χ2n) is 6.68. The highest BCUT2D eigenvalue weighted by Gasteiger charge is 2.19. The molecule has 0 saturated carbocycles. The van der Waals surface area contributed by atoms with E-state index >= 15 is 0 Å². The van der Waals surface area contributed by atoms with Crippen LogP contribution in [-0.4, -0.2) is 25.2 Å². The SMILES string of the molecule is COc1ccc(COCc2nc(OCc3ccccc3)c(C#N)cc2C(=O)F)cc1OC. The summed E-state index contributed by atoms with van der Waals surface area (Å²) in [7, 11) is 3.07. The summed E-state index contributed by atoms with van der Waals surface area (Å²) in [6, 6.07) is 15.9. The summed E-state index contributed by atoms with van der Waals surface area (Å²) in [5.74, 6) is 1.13. The number of halogens is 1. The van der Waals surface area contributed by atoms with Gasteiger partial charge in [0.15, 0.2) is 11.5 Å². The van der Waals surface area contributed by atoms with E-state index in [4.69, 9.17) is 18.9 Å². The van der Waals surface area contributed by atoms with Crippen molar-refractivity contribution < 1.29 is 28.1 Å². The molecule has 0 amide bonds. The molecule has 0 spiro atoms. The first-order valence-electron chi connectivity index (χ1n) is 9.65. The van der Waals surface area contributed by atoms with Gasteiger partial charge in [-0.25, -0.2) is 4.98 Å². The summed E-state index contributed by atoms with van der Waals surface area (Å²) in [4.78, 5) is 15.7. The molecule has 8 heteroatoms. The van der Waals surface area contributed by atoms with Crippen LogP contribution in [0.15, 0.2) is 54.6 Å². The molecule has 0 N–H and O–H groups in total. The lowest BCUT2D eigenvalue weighted by Crippen LogP contribution is -2.09. The molecule has 0 bridgehead atoms. The molecule has 3 rings (SSSR count). The van der Waals surface area contributed by atoms with Gasteiger partial charge in [0.1, 0.15) is 18.2 Å². The Morgan fingerprint density at radius 2 is 1.72 bits per heavy atom. The lowest BCUT2D eigenvalue weighted by Gasteiger charge is -2.13. The predicted octanol–water partition coefficient (Wildman–Crippen LogP) is 4.38. The summed E-state index contributed by atoms with van der Waals surface area (Å²) in [6.07, 6.45) is 0. The van der Waals surface area contributed by atoms with Crippen molar-refractivity contribution in [2.45, 2.75) is 19.8 Å². The molecule has 0 atom stereocenters. The molecular weight excluding hydrogens is 415 g/mol. The number of ether oxygens (including phenoxy) is 4. The normalized spacial score (nSPS) is 10.3. The van der Waals surface area contributed by atoms with Crippen molar-refractivity contribution in [3.63, 3.8) is 0 Å². The van der Waals surface area contributed by atoms with Crippen LogP contribution in [0.1, 0.15) is 32.7 Å². The molecule has 0 saturated heterocycles. The molecule has 0 aliphatic heterocycles. The van der Waals surface area contributed by atoms with Crippen molar-refractivity contribution in [2.24, 2.45) is 0 Å². The van der Waals surface area contributed by atoms with Crippen molar-refractivity contribution in [2.75, 3.05) is 14.2 Å². The zero-order valence-electron chi connectivity index (χ0n) is 17.6. The fraction of sp³-hybridized carbons (Fsp3) is 0.208. The standard InChI is InChI=1S/C24H21FN2O5/c1-29-21-9-8-17(10-22(21)30-2)13-31-15-20-19(23(25)28)11-18(12-26)24(27-20)32-14-16-6-4-3-5-7-16/h3-11H,13-15H2,1-2H3. The van der Waals surface area contributed by atoms with Gasteiger partial charge in [0.25, 0.3) is 0 Å². The van der Waals surface area contributed by atoms with E-state index in [1.807, 2.05) is 36.4 Å². The lowest BCUT2D eigenvalue weighted by atomic mass is 10.1. The van der Waals surface area contributed by atoms with Crippen LogP contribution in [-0.2, 0) is 24.6 Å². The molecular formula is C24H21FN2O5. The van der Waals surface area contributed by atoms with Crippen LogP contribution in [0.4, 0.5) is 4.39 Å². The number of carbonyl (C=O) groups excluding carboxylic acids is 1. The van der Waals surface area contributed by atoms with Crippen LogP contribution >= 0.6 is 0 Å². The highest BCUT2D eigenvalue weighted by atomic mass is 19.1. The van der Waals surface area contributed by atoms with Crippen LogP contribution in [0.5, 0.6) is 17.4 Å². The second-order valence-corrected chi connectivity index (χ2v) is 6.68. The monoisotopic (exact) mass is 436 g/mol. The first-order chi connectivity index (χ1) is 15.5. The minimum atomic E-state index is -1.70. The van der Waals surface area contributed by atoms with Gasteiger partial charge in [0.05, 0.1) is 38.7 Å². The number of aromatic nitrogens is 1. The highest BCUT2D eigenvalue weighted by molar-refractivity contribution is 5.90. The van der Waals surface area contributed by atoms with E-state index in [0.717, 1.165) is 17.2 Å². The zero-order chi connectivity index (χ0) is 22.9. The summed E-state index contributed by atoms with van der Waals surface area (Å²) in [5.41, 5.74) is 1.33. The highest BCUT2D eigenvalue weighted by Crippen LogP contribution is 2.28. The maximum atomic E-state index is 13.6. The van der Waals surface area contributed by atoms with Gasteiger partial charge in [-0.15, -0.1) is 0 Å². The van der Waals surface area contributed by atoms with Crippen LogP contribution < -0.4 is 14.2 Å². The minimum absolute atomic E-state index is 0.00562. The van der Waals surface area contributed by atoms with E-state index in [0.29, 0.717) is 11.5 Å². The number of nitriles is 1. The number of carbonyl (C=O) groups is 1. The molecule has 7 nitrogen and oxygen atoms in total. The first kappa shape index (κ1) is 22.7. The van der Waals surface area contributed by atoms with Gasteiger partial charge >= 0.3 is 6.04 Å². The third-order valence-electron chi connectivity index (χ3n) is 4.57. The zero-order valence-corrected chi connectivity index (χ0v) is 17.6. The molecule has 3 aromatic rings. The number of nitrogens with zero attached hydrogens (tertiary/aromatic N) is 2. The predicted molar refractivity (Wildman–Crippen MR) is 113 cm³/mol. The van der Waals surface area contributed by atoms with E-state index < -0.39 is 6.04 Å². The van der Waals surface area contributed by atoms with Gasteiger partial charge in [-0.05, 0) is 29.3 Å². The van der Waals surface area contributed by atoms with Crippen LogP contribution in [0.3, 0.4) is 0 Å². The number of methoxy groups -OCH3 is 2. The first-order valence-corrected chi connectivity index (χ1v) is 9.65. The van der Waals surface area contributed by atoms with Gasteiger partial charge in [-0.3, -0.25) is 4.79 Å². The van der Waals surface area contributed by atoms with Gasteiger partial charge in [-0.2, -0.15) is 9.65 Å². The fourth-order valence-corrected chi connectivity index (χ4v) is 2.96. The molecule has 0 aliphatic carbocycles. The molecule has 0 aliphatic rings. The van der Waals surface area contributed by atoms with Crippen molar-refractivity contribution in [3.8, 4) is 23.4 Å². The summed E-state index contributed by atoms with van der Waals surface area (Å²) >= 11 is 0. The Morgan fingerprint density at radius 1 is 0.969 bits per heavy atom. The average molecular weight is 436 g/mol. The van der Waals surface area contributed by atoms with E-state index in [9.17, 15) is 14.4 Å². The average Bonchev–Trinajstić information content (AvgIpc) is 2.83. The largest absolute Gasteiger partial charge is 0.493 e. The molecule has 2 aromatic carbocycles. The number of rotatable bonds is 10. The molecule has 1 heterocycles. The van der Waals surface area contributed by atoms with Crippen molar-refractivity contribution in [1.29, 1.82) is 5.26 Å². The van der Waals surface area contributed by atoms with Crippen molar-refractivity contribution >= 4 is 6.04 Å². The van der Waals surface area contributed by atoms with Crippen molar-refractivity contribution in [3.05, 3.63) is 82.5 Å². The second kappa shape index (κ2) is 10.9. The minimum Gasteiger partial charge on any atom is -0.493 e. The molecule has 0 unspecified atom stereocenters. The number of hydrogen-bond donors (Lipinski definition) is 0. The Balaban J connectivity index is 1.77. The van der Waals surface area contributed by atoms with E-state index in [-0.39, 0.29) is 42.5 Å². The maximum Gasteiger partial charge on any atom is 0.334 e. The van der Waals surface area contributed by atoms with E-state index in [2.05, 4.69) is 4.98 Å². The molecule has 0 radical (unpaired) electrons. The van der Waals surface area contributed by atoms with Crippen LogP contribution in [0, 0.1) is 11.3 Å². The molecule has 0 fully saturated rings. The smallest absolute Gasteiger partial charge is 0.334 e. The Morgan fingerprint density at radius 3 is 2.38 bits per heavy atom. The fourth-order valence-electron chi connectivity index (χ4n) is 2.96. The van der Waals surface area contributed by atoms with E-state index in [1.165, 1.54) is 14.2 Å². The Hall–Kier alpha value is -3.96. The van der Waals surface area contributed by atoms with Gasteiger partial charge in [0.2, 0.25) is 5.88 Å². The van der Waals surface area contributed by atoms with Crippen molar-refractivity contribution in [1.82, 2.24) is 4.98 Å². The third kappa shape index (κ3) is 5.59. The third-order valence-corrected chi connectivity index (χ3v) is 4.57. The van der Waals surface area contributed by atoms with Gasteiger partial charge in [0, 0.05) is 0 Å².